The van der Waals surface area contributed by atoms with E-state index in [-0.39, 0.29) is 0 Å². The van der Waals surface area contributed by atoms with E-state index in [1.165, 1.54) is 0 Å². The van der Waals surface area contributed by atoms with Gasteiger partial charge >= 0.3 is 0 Å². The zero-order valence-corrected chi connectivity index (χ0v) is 6.53. The van der Waals surface area contributed by atoms with Gasteiger partial charge in [0.1, 0.15) is 0 Å². The van der Waals surface area contributed by atoms with Gasteiger partial charge in [-0.05, 0) is 6.54 Å². The number of pyridine rings is 1. The highest BCUT2D eigenvalue weighted by molar-refractivity contribution is 5.77. The fourth-order valence-electron chi connectivity index (χ4n) is 1.15. The normalized spacial score (nSPS) is 10.8. The van der Waals surface area contributed by atoms with Gasteiger partial charge in [0.25, 0.3) is 0 Å². The maximum atomic E-state index is 5.41. The molecule has 0 fully saturated rings. The molecule has 0 amide bonds. The molecular formula is C8H9N3O. The zero-order chi connectivity index (χ0) is 8.39. The van der Waals surface area contributed by atoms with Crippen molar-refractivity contribution in [3.05, 3.63) is 24.2 Å². The minimum absolute atomic E-state index is 0.580. The highest BCUT2D eigenvalue weighted by atomic mass is 16.5. The molecule has 0 unspecified atom stereocenters. The van der Waals surface area contributed by atoms with Crippen molar-refractivity contribution < 1.29 is 4.52 Å². The van der Waals surface area contributed by atoms with Crippen molar-refractivity contribution in [2.45, 2.75) is 6.42 Å². The van der Waals surface area contributed by atoms with Crippen molar-refractivity contribution >= 4 is 11.0 Å². The summed E-state index contributed by atoms with van der Waals surface area (Å²) in [5.41, 5.74) is 7.07. The van der Waals surface area contributed by atoms with Crippen molar-refractivity contribution in [3.8, 4) is 0 Å². The van der Waals surface area contributed by atoms with E-state index >= 15 is 0 Å². The van der Waals surface area contributed by atoms with Crippen LogP contribution in [0.4, 0.5) is 0 Å². The second-order valence-corrected chi connectivity index (χ2v) is 2.54. The van der Waals surface area contributed by atoms with Crippen LogP contribution < -0.4 is 5.73 Å². The summed E-state index contributed by atoms with van der Waals surface area (Å²) in [5.74, 6) is 0. The van der Waals surface area contributed by atoms with Crippen LogP contribution in [0.25, 0.3) is 11.0 Å². The predicted octanol–water partition coefficient (Wildman–Crippen LogP) is 0.724. The summed E-state index contributed by atoms with van der Waals surface area (Å²) in [6.07, 6.45) is 4.16. The smallest absolute Gasteiger partial charge is 0.170 e. The Kier molecular flexibility index (Phi) is 1.75. The van der Waals surface area contributed by atoms with E-state index in [4.69, 9.17) is 10.3 Å². The molecule has 2 aromatic rings. The molecular weight excluding hydrogens is 154 g/mol. The monoisotopic (exact) mass is 163 g/mol. The molecule has 0 bridgehead atoms. The van der Waals surface area contributed by atoms with Crippen molar-refractivity contribution in [1.82, 2.24) is 10.1 Å². The van der Waals surface area contributed by atoms with E-state index in [2.05, 4.69) is 10.1 Å². The number of fused-ring (bicyclic) bond motifs is 1. The van der Waals surface area contributed by atoms with E-state index in [9.17, 15) is 0 Å². The molecule has 0 radical (unpaired) electrons. The molecule has 0 aliphatic carbocycles. The van der Waals surface area contributed by atoms with Gasteiger partial charge in [-0.15, -0.1) is 0 Å². The van der Waals surface area contributed by atoms with Crippen LogP contribution >= 0.6 is 0 Å². The van der Waals surface area contributed by atoms with Crippen LogP contribution in [-0.2, 0) is 6.42 Å². The average Bonchev–Trinajstić information content (AvgIpc) is 2.50. The quantitative estimate of drug-likeness (QED) is 0.708. The molecule has 0 aromatic carbocycles. The number of nitrogens with zero attached hydrogens (tertiary/aromatic N) is 2. The zero-order valence-electron chi connectivity index (χ0n) is 6.53. The third-order valence-electron chi connectivity index (χ3n) is 1.73. The lowest BCUT2D eigenvalue weighted by Gasteiger charge is -1.89. The summed E-state index contributed by atoms with van der Waals surface area (Å²) in [4.78, 5) is 3.99. The summed E-state index contributed by atoms with van der Waals surface area (Å²) in [6, 6.07) is 1.79. The number of nitrogens with two attached hydrogens (primary N) is 1. The first-order chi connectivity index (χ1) is 5.92. The molecule has 0 atom stereocenters. The molecule has 2 heterocycles. The summed E-state index contributed by atoms with van der Waals surface area (Å²) in [7, 11) is 0. The van der Waals surface area contributed by atoms with Gasteiger partial charge in [0, 0.05) is 24.9 Å². The van der Waals surface area contributed by atoms with Crippen LogP contribution in [0.5, 0.6) is 0 Å². The third kappa shape index (κ3) is 1.06. The van der Waals surface area contributed by atoms with Crippen LogP contribution in [0.15, 0.2) is 23.0 Å². The maximum Gasteiger partial charge on any atom is 0.170 e. The Hall–Kier alpha value is -1.42. The number of rotatable bonds is 2. The average molecular weight is 163 g/mol. The van der Waals surface area contributed by atoms with Crippen LogP contribution in [0.2, 0.25) is 0 Å². The van der Waals surface area contributed by atoms with E-state index in [0.717, 1.165) is 23.1 Å². The summed E-state index contributed by atoms with van der Waals surface area (Å²) < 4.78 is 5.06. The first-order valence-corrected chi connectivity index (χ1v) is 3.80. The first-order valence-electron chi connectivity index (χ1n) is 3.80. The van der Waals surface area contributed by atoms with Crippen LogP contribution in [0.1, 0.15) is 5.69 Å². The van der Waals surface area contributed by atoms with Gasteiger partial charge in [-0.1, -0.05) is 5.16 Å². The lowest BCUT2D eigenvalue weighted by molar-refractivity contribution is 0.446. The fraction of sp³-hybridized carbons (Fsp3) is 0.250. The number of hydrogen-bond donors (Lipinski definition) is 1. The molecule has 62 valence electrons. The van der Waals surface area contributed by atoms with Crippen molar-refractivity contribution in [3.63, 3.8) is 0 Å². The van der Waals surface area contributed by atoms with Gasteiger partial charge in [-0.25, -0.2) is 0 Å². The Morgan fingerprint density at radius 3 is 3.25 bits per heavy atom. The highest BCUT2D eigenvalue weighted by Gasteiger charge is 2.05. The molecule has 0 spiro atoms. The van der Waals surface area contributed by atoms with Crippen molar-refractivity contribution in [1.29, 1.82) is 0 Å². The van der Waals surface area contributed by atoms with E-state index in [1.807, 2.05) is 0 Å². The summed E-state index contributed by atoms with van der Waals surface area (Å²) in [6.45, 7) is 0.580. The van der Waals surface area contributed by atoms with Crippen LogP contribution in [0.3, 0.4) is 0 Å². The lowest BCUT2D eigenvalue weighted by atomic mass is 10.2. The first kappa shape index (κ1) is 7.24. The van der Waals surface area contributed by atoms with Gasteiger partial charge in [0.15, 0.2) is 5.58 Å². The molecule has 2 N–H and O–H groups in total. The Morgan fingerprint density at radius 2 is 2.42 bits per heavy atom. The molecule has 0 aliphatic heterocycles. The minimum Gasteiger partial charge on any atom is -0.356 e. The second-order valence-electron chi connectivity index (χ2n) is 2.54. The molecule has 4 nitrogen and oxygen atoms in total. The largest absolute Gasteiger partial charge is 0.356 e. The predicted molar refractivity (Wildman–Crippen MR) is 44.6 cm³/mol. The number of hydrogen-bond acceptors (Lipinski definition) is 4. The summed E-state index contributed by atoms with van der Waals surface area (Å²) >= 11 is 0. The molecule has 12 heavy (non-hydrogen) atoms. The minimum atomic E-state index is 0.580. The molecule has 0 saturated heterocycles. The molecule has 2 aromatic heterocycles. The Bertz CT molecular complexity index is 382. The third-order valence-corrected chi connectivity index (χ3v) is 1.73. The molecule has 2 rings (SSSR count). The van der Waals surface area contributed by atoms with Gasteiger partial charge in [0.05, 0.1) is 11.1 Å². The Balaban J connectivity index is 2.55. The summed E-state index contributed by atoms with van der Waals surface area (Å²) in [5, 5.41) is 4.85. The fourth-order valence-corrected chi connectivity index (χ4v) is 1.15. The van der Waals surface area contributed by atoms with Gasteiger partial charge < -0.3 is 10.3 Å². The van der Waals surface area contributed by atoms with Crippen molar-refractivity contribution in [2.75, 3.05) is 6.54 Å². The standard InChI is InChI=1S/C8H9N3O/c9-3-1-7-6-5-10-4-2-8(6)12-11-7/h2,4-5H,1,3,9H2. The van der Waals surface area contributed by atoms with Gasteiger partial charge in [-0.2, -0.15) is 0 Å². The SMILES string of the molecule is NCCc1noc2ccncc12. The Morgan fingerprint density at radius 1 is 1.50 bits per heavy atom. The van der Waals surface area contributed by atoms with Gasteiger partial charge in [-0.3, -0.25) is 4.98 Å². The number of aromatic nitrogens is 2. The lowest BCUT2D eigenvalue weighted by Crippen LogP contribution is -2.02. The highest BCUT2D eigenvalue weighted by Crippen LogP contribution is 2.16. The van der Waals surface area contributed by atoms with Crippen molar-refractivity contribution in [2.24, 2.45) is 5.73 Å². The van der Waals surface area contributed by atoms with E-state index < -0.39 is 0 Å². The molecule has 0 saturated carbocycles. The van der Waals surface area contributed by atoms with E-state index in [0.29, 0.717) is 6.54 Å². The van der Waals surface area contributed by atoms with Crippen LogP contribution in [-0.4, -0.2) is 16.7 Å². The van der Waals surface area contributed by atoms with E-state index in [1.54, 1.807) is 18.5 Å². The molecule has 4 heteroatoms. The second kappa shape index (κ2) is 2.91. The van der Waals surface area contributed by atoms with Gasteiger partial charge in [0.2, 0.25) is 0 Å². The molecule has 0 aliphatic rings. The topological polar surface area (TPSA) is 64.9 Å². The maximum absolute atomic E-state index is 5.41. The Labute approximate surface area is 69.4 Å². The van der Waals surface area contributed by atoms with Crippen LogP contribution in [0, 0.1) is 0 Å².